The van der Waals surface area contributed by atoms with Crippen molar-refractivity contribution in [3.8, 4) is 0 Å². The molecule has 0 aromatic carbocycles. The lowest BCUT2D eigenvalue weighted by atomic mass is 10.0. The first kappa shape index (κ1) is 24.6. The second kappa shape index (κ2) is 16.5. The van der Waals surface area contributed by atoms with Gasteiger partial charge in [-0.2, -0.15) is 0 Å². The topological polar surface area (TPSA) is 79.2 Å². The molecule has 0 aromatic heterocycles. The molecule has 0 spiro atoms. The molecule has 5 nitrogen and oxygen atoms in total. The molecule has 1 fully saturated rings. The molecule has 0 aliphatic carbocycles. The lowest BCUT2D eigenvalue weighted by Gasteiger charge is -2.36. The summed E-state index contributed by atoms with van der Waals surface area (Å²) in [6.07, 6.45) is 16.4. The van der Waals surface area contributed by atoms with Gasteiger partial charge in [-0.3, -0.25) is 0 Å². The molecule has 1 aliphatic heterocycles. The van der Waals surface area contributed by atoms with Crippen LogP contribution in [0.2, 0.25) is 0 Å². The second-order valence-corrected chi connectivity index (χ2v) is 7.68. The molecule has 1 aliphatic rings. The van der Waals surface area contributed by atoms with E-state index in [1.165, 1.54) is 57.8 Å². The highest BCUT2D eigenvalue weighted by molar-refractivity contribution is 4.87. The fourth-order valence-electron chi connectivity index (χ4n) is 3.41. The van der Waals surface area contributed by atoms with Crippen LogP contribution in [0.4, 0.5) is 0 Å². The highest BCUT2D eigenvalue weighted by Crippen LogP contribution is 2.18. The Bertz CT molecular complexity index is 361. The van der Waals surface area contributed by atoms with E-state index in [1.54, 1.807) is 0 Å². The van der Waals surface area contributed by atoms with E-state index in [-0.39, 0.29) is 13.2 Å². The number of ether oxygens (including phenoxy) is 2. The molecule has 5 heteroatoms. The van der Waals surface area contributed by atoms with Crippen LogP contribution >= 0.6 is 0 Å². The maximum Gasteiger partial charge on any atom is 0.111 e. The summed E-state index contributed by atoms with van der Waals surface area (Å²) in [7, 11) is 0. The Kier molecular flexibility index (Phi) is 15.0. The van der Waals surface area contributed by atoms with Gasteiger partial charge in [-0.15, -0.1) is 0 Å². The molecule has 0 unspecified atom stereocenters. The van der Waals surface area contributed by atoms with Gasteiger partial charge in [0.25, 0.3) is 0 Å². The van der Waals surface area contributed by atoms with Gasteiger partial charge in [0.2, 0.25) is 0 Å². The zero-order valence-corrected chi connectivity index (χ0v) is 17.2. The van der Waals surface area contributed by atoms with E-state index in [4.69, 9.17) is 14.6 Å². The normalized spacial score (nSPS) is 26.1. The van der Waals surface area contributed by atoms with Crippen molar-refractivity contribution in [1.29, 1.82) is 0 Å². The van der Waals surface area contributed by atoms with Gasteiger partial charge in [-0.1, -0.05) is 70.4 Å². The molecule has 0 amide bonds. The van der Waals surface area contributed by atoms with Gasteiger partial charge in [0, 0.05) is 6.61 Å². The maximum atomic E-state index is 9.97. The van der Waals surface area contributed by atoms with Crippen molar-refractivity contribution in [2.75, 3.05) is 19.8 Å². The molecule has 0 radical (unpaired) electrons. The number of hydrogen-bond donors (Lipinski definition) is 3. The van der Waals surface area contributed by atoms with Gasteiger partial charge in [0.05, 0.1) is 13.2 Å². The predicted molar refractivity (Wildman–Crippen MR) is 109 cm³/mol. The minimum Gasteiger partial charge on any atom is -0.394 e. The van der Waals surface area contributed by atoms with Gasteiger partial charge in [-0.05, 0) is 25.7 Å². The third-order valence-corrected chi connectivity index (χ3v) is 5.25. The number of rotatable bonds is 16. The molecule has 4 atom stereocenters. The van der Waals surface area contributed by atoms with Crippen LogP contribution in [0.1, 0.15) is 84.0 Å². The molecule has 27 heavy (non-hydrogen) atoms. The molecular weight excluding hydrogens is 344 g/mol. The van der Waals surface area contributed by atoms with Crippen LogP contribution in [0, 0.1) is 0 Å². The Morgan fingerprint density at radius 2 is 1.44 bits per heavy atom. The zero-order valence-electron chi connectivity index (χ0n) is 17.2. The van der Waals surface area contributed by atoms with Gasteiger partial charge in [-0.25, -0.2) is 0 Å². The number of aliphatic hydroxyl groups excluding tert-OH is 3. The third-order valence-electron chi connectivity index (χ3n) is 5.25. The largest absolute Gasteiger partial charge is 0.394 e. The average Bonchev–Trinajstić information content (AvgIpc) is 2.68. The minimum atomic E-state index is -1.09. The Labute approximate surface area is 165 Å². The summed E-state index contributed by atoms with van der Waals surface area (Å²) < 4.78 is 10.9. The first-order chi connectivity index (χ1) is 13.2. The fourth-order valence-corrected chi connectivity index (χ4v) is 3.41. The Balaban J connectivity index is 1.89. The monoisotopic (exact) mass is 386 g/mol. The van der Waals surface area contributed by atoms with Gasteiger partial charge < -0.3 is 24.8 Å². The van der Waals surface area contributed by atoms with Crippen molar-refractivity contribution in [1.82, 2.24) is 0 Å². The molecule has 160 valence electrons. The minimum absolute atomic E-state index is 0.206. The summed E-state index contributed by atoms with van der Waals surface area (Å²) >= 11 is 0. The van der Waals surface area contributed by atoms with Crippen LogP contribution in [0.15, 0.2) is 12.2 Å². The third kappa shape index (κ3) is 11.2. The van der Waals surface area contributed by atoms with Gasteiger partial charge in [0.15, 0.2) is 0 Å². The van der Waals surface area contributed by atoms with Crippen molar-refractivity contribution in [3.05, 3.63) is 12.2 Å². The maximum absolute atomic E-state index is 9.97. The summed E-state index contributed by atoms with van der Waals surface area (Å²) in [5.74, 6) is 0. The molecular formula is C22H42O5. The first-order valence-electron chi connectivity index (χ1n) is 11.1. The lowest BCUT2D eigenvalue weighted by molar-refractivity contribution is -0.208. The van der Waals surface area contributed by atoms with Crippen molar-refractivity contribution in [2.45, 2.75) is 108 Å². The Hall–Kier alpha value is -0.460. The Morgan fingerprint density at radius 3 is 2.07 bits per heavy atom. The molecule has 3 N–H and O–H groups in total. The van der Waals surface area contributed by atoms with Crippen molar-refractivity contribution in [3.63, 3.8) is 0 Å². The smallest absolute Gasteiger partial charge is 0.111 e. The summed E-state index contributed by atoms with van der Waals surface area (Å²) in [6.45, 7) is 2.70. The van der Waals surface area contributed by atoms with Crippen LogP contribution < -0.4 is 0 Å². The van der Waals surface area contributed by atoms with E-state index in [0.717, 1.165) is 19.3 Å². The molecule has 0 saturated carbocycles. The highest BCUT2D eigenvalue weighted by Gasteiger charge is 2.38. The van der Waals surface area contributed by atoms with Crippen molar-refractivity contribution >= 4 is 0 Å². The number of allylic oxidation sites excluding steroid dienone is 2. The zero-order chi connectivity index (χ0) is 19.7. The Morgan fingerprint density at radius 1 is 0.852 bits per heavy atom. The van der Waals surface area contributed by atoms with Crippen LogP contribution in [0.5, 0.6) is 0 Å². The summed E-state index contributed by atoms with van der Waals surface area (Å²) in [4.78, 5) is 0. The predicted octanol–water partition coefficient (Wildman–Crippen LogP) is 3.74. The highest BCUT2D eigenvalue weighted by atomic mass is 16.6. The first-order valence-corrected chi connectivity index (χ1v) is 11.1. The van der Waals surface area contributed by atoms with Crippen molar-refractivity contribution in [2.24, 2.45) is 0 Å². The number of hydrogen-bond acceptors (Lipinski definition) is 5. The van der Waals surface area contributed by atoms with Gasteiger partial charge in [0.1, 0.15) is 24.4 Å². The summed E-state index contributed by atoms with van der Waals surface area (Å²) in [6, 6.07) is 0. The number of unbranched alkanes of at least 4 members (excludes halogenated alkanes) is 10. The van der Waals surface area contributed by atoms with Gasteiger partial charge >= 0.3 is 0 Å². The lowest BCUT2D eigenvalue weighted by Crippen LogP contribution is -2.55. The van der Waals surface area contributed by atoms with Crippen LogP contribution in [0.25, 0.3) is 0 Å². The van der Waals surface area contributed by atoms with E-state index >= 15 is 0 Å². The van der Waals surface area contributed by atoms with E-state index in [9.17, 15) is 10.2 Å². The molecule has 1 saturated heterocycles. The summed E-state index contributed by atoms with van der Waals surface area (Å²) in [5, 5.41) is 28.8. The SMILES string of the molecule is CCCCCCCCCCC/C=C/CCCO[C@@H]1CO[C@@H](CO)[C@H](O)[C@H]1O. The van der Waals surface area contributed by atoms with E-state index in [2.05, 4.69) is 19.1 Å². The fraction of sp³-hybridized carbons (Fsp3) is 0.909. The molecule has 0 aromatic rings. The molecule has 0 bridgehead atoms. The second-order valence-electron chi connectivity index (χ2n) is 7.68. The quantitative estimate of drug-likeness (QED) is 0.278. The summed E-state index contributed by atoms with van der Waals surface area (Å²) in [5.41, 5.74) is 0. The molecule has 1 rings (SSSR count). The molecule has 1 heterocycles. The van der Waals surface area contributed by atoms with Crippen LogP contribution in [-0.4, -0.2) is 59.6 Å². The van der Waals surface area contributed by atoms with Crippen molar-refractivity contribution < 1.29 is 24.8 Å². The van der Waals surface area contributed by atoms with E-state index < -0.39 is 24.4 Å². The van der Waals surface area contributed by atoms with E-state index in [1.807, 2.05) is 0 Å². The van der Waals surface area contributed by atoms with Crippen LogP contribution in [-0.2, 0) is 9.47 Å². The average molecular weight is 387 g/mol. The number of aliphatic hydroxyl groups is 3. The van der Waals surface area contributed by atoms with Crippen LogP contribution in [0.3, 0.4) is 0 Å². The van der Waals surface area contributed by atoms with E-state index in [0.29, 0.717) is 6.61 Å². The standard InChI is InChI=1S/C22H42O5/c1-2-3-4-5-6-7-8-9-10-11-12-13-14-15-16-26-20-18-27-19(17-23)21(24)22(20)25/h12-13,19-25H,2-11,14-18H2,1H3/b13-12+/t19-,20+,21-,22-/m0/s1.